The van der Waals surface area contributed by atoms with Crippen molar-refractivity contribution in [3.63, 3.8) is 0 Å². The van der Waals surface area contributed by atoms with Gasteiger partial charge in [-0.1, -0.05) is 0 Å². The molecule has 0 aromatic heterocycles. The highest BCUT2D eigenvalue weighted by atomic mass is 19.1. The second kappa shape index (κ2) is 5.58. The van der Waals surface area contributed by atoms with Crippen LogP contribution in [0.1, 0.15) is 10.4 Å². The lowest BCUT2D eigenvalue weighted by Gasteiger charge is -2.19. The van der Waals surface area contributed by atoms with E-state index in [0.29, 0.717) is 11.4 Å². The number of nitro groups is 1. The summed E-state index contributed by atoms with van der Waals surface area (Å²) in [5.41, 5.74) is 0.205. The van der Waals surface area contributed by atoms with Crippen molar-refractivity contribution in [3.8, 4) is 0 Å². The second-order valence-electron chi connectivity index (χ2n) is 4.30. The summed E-state index contributed by atoms with van der Waals surface area (Å²) >= 11 is 0. The van der Waals surface area contributed by atoms with Gasteiger partial charge in [-0.25, -0.2) is 9.18 Å². The molecule has 2 aromatic carbocycles. The molecule has 0 aliphatic heterocycles. The lowest BCUT2D eigenvalue weighted by atomic mass is 10.1. The van der Waals surface area contributed by atoms with E-state index < -0.39 is 22.1 Å². The molecule has 0 radical (unpaired) electrons. The van der Waals surface area contributed by atoms with Gasteiger partial charge in [0.15, 0.2) is 0 Å². The summed E-state index contributed by atoms with van der Waals surface area (Å²) in [6, 6.07) is 9.38. The summed E-state index contributed by atoms with van der Waals surface area (Å²) in [5.74, 6) is -1.77. The number of carbonyl (C=O) groups is 1. The molecule has 0 unspecified atom stereocenters. The third-order valence-corrected chi connectivity index (χ3v) is 3.01. The monoisotopic (exact) mass is 290 g/mol. The number of rotatable bonds is 4. The van der Waals surface area contributed by atoms with Crippen LogP contribution in [0.15, 0.2) is 42.5 Å². The quantitative estimate of drug-likeness (QED) is 0.690. The number of aromatic carboxylic acids is 1. The average Bonchev–Trinajstić information content (AvgIpc) is 2.46. The van der Waals surface area contributed by atoms with Crippen LogP contribution < -0.4 is 4.90 Å². The summed E-state index contributed by atoms with van der Waals surface area (Å²) in [4.78, 5) is 22.8. The van der Waals surface area contributed by atoms with Gasteiger partial charge in [-0.3, -0.25) is 10.1 Å². The van der Waals surface area contributed by atoms with E-state index in [1.165, 1.54) is 36.4 Å². The van der Waals surface area contributed by atoms with Crippen LogP contribution in [-0.2, 0) is 0 Å². The predicted molar refractivity (Wildman–Crippen MR) is 74.5 cm³/mol. The van der Waals surface area contributed by atoms with E-state index in [0.717, 1.165) is 6.07 Å². The van der Waals surface area contributed by atoms with Gasteiger partial charge < -0.3 is 10.0 Å². The molecule has 0 heterocycles. The summed E-state index contributed by atoms with van der Waals surface area (Å²) in [6.45, 7) is 0. The Morgan fingerprint density at radius 2 is 1.76 bits per heavy atom. The molecule has 1 N–H and O–H groups in total. The zero-order valence-corrected chi connectivity index (χ0v) is 11.0. The summed E-state index contributed by atoms with van der Waals surface area (Å²) < 4.78 is 12.9. The number of benzene rings is 2. The zero-order valence-electron chi connectivity index (χ0n) is 11.0. The molecule has 0 bridgehead atoms. The van der Waals surface area contributed by atoms with Crippen LogP contribution in [0.5, 0.6) is 0 Å². The second-order valence-corrected chi connectivity index (χ2v) is 4.30. The van der Waals surface area contributed by atoms with Gasteiger partial charge in [0.1, 0.15) is 11.4 Å². The van der Waals surface area contributed by atoms with E-state index in [2.05, 4.69) is 0 Å². The van der Waals surface area contributed by atoms with Crippen molar-refractivity contribution in [2.45, 2.75) is 0 Å². The van der Waals surface area contributed by atoms with Gasteiger partial charge in [-0.05, 0) is 36.4 Å². The van der Waals surface area contributed by atoms with Crippen molar-refractivity contribution in [2.24, 2.45) is 0 Å². The molecule has 6 nitrogen and oxygen atoms in total. The third kappa shape index (κ3) is 2.97. The Balaban J connectivity index is 2.44. The van der Waals surface area contributed by atoms with Crippen LogP contribution in [-0.4, -0.2) is 23.0 Å². The first-order valence-corrected chi connectivity index (χ1v) is 5.91. The minimum atomic E-state index is -1.38. The van der Waals surface area contributed by atoms with Gasteiger partial charge in [0.05, 0.1) is 4.92 Å². The fourth-order valence-electron chi connectivity index (χ4n) is 1.88. The first-order chi connectivity index (χ1) is 9.90. The third-order valence-electron chi connectivity index (χ3n) is 3.01. The summed E-state index contributed by atoms with van der Waals surface area (Å²) in [6.07, 6.45) is 0. The molecule has 0 atom stereocenters. The molecule has 108 valence electrons. The molecule has 0 saturated heterocycles. The number of nitrogens with zero attached hydrogens (tertiary/aromatic N) is 2. The normalized spacial score (nSPS) is 10.2. The SMILES string of the molecule is CN(c1ccc(F)cc1)c1ccc([N+](=O)[O-])c(C(=O)O)c1. The highest BCUT2D eigenvalue weighted by Gasteiger charge is 2.21. The maximum Gasteiger partial charge on any atom is 0.342 e. The Kier molecular flexibility index (Phi) is 3.84. The fourth-order valence-corrected chi connectivity index (χ4v) is 1.88. The van der Waals surface area contributed by atoms with Crippen molar-refractivity contribution >= 4 is 23.0 Å². The number of halogens is 1. The minimum absolute atomic E-state index is 0.387. The minimum Gasteiger partial charge on any atom is -0.477 e. The number of hydrogen-bond donors (Lipinski definition) is 1. The maximum absolute atomic E-state index is 12.9. The average molecular weight is 290 g/mol. The molecule has 7 heteroatoms. The highest BCUT2D eigenvalue weighted by Crippen LogP contribution is 2.28. The van der Waals surface area contributed by atoms with Crippen molar-refractivity contribution < 1.29 is 19.2 Å². The zero-order chi connectivity index (χ0) is 15.6. The number of nitro benzene ring substituents is 1. The van der Waals surface area contributed by atoms with Crippen molar-refractivity contribution in [2.75, 3.05) is 11.9 Å². The molecule has 2 rings (SSSR count). The maximum atomic E-state index is 12.9. The lowest BCUT2D eigenvalue weighted by Crippen LogP contribution is -2.11. The van der Waals surface area contributed by atoms with Gasteiger partial charge in [0.2, 0.25) is 0 Å². The summed E-state index contributed by atoms with van der Waals surface area (Å²) in [7, 11) is 1.65. The van der Waals surface area contributed by atoms with Crippen molar-refractivity contribution in [1.29, 1.82) is 0 Å². The van der Waals surface area contributed by atoms with E-state index in [1.807, 2.05) is 0 Å². The first-order valence-electron chi connectivity index (χ1n) is 5.91. The van der Waals surface area contributed by atoms with Crippen LogP contribution >= 0.6 is 0 Å². The molecular formula is C14H11FN2O4. The number of carboxylic acids is 1. The number of anilines is 2. The lowest BCUT2D eigenvalue weighted by molar-refractivity contribution is -0.385. The molecule has 0 spiro atoms. The molecule has 0 aliphatic rings. The standard InChI is InChI=1S/C14H11FN2O4/c1-16(10-4-2-9(15)3-5-10)11-6-7-13(17(20)21)12(8-11)14(18)19/h2-8H,1H3,(H,18,19). The highest BCUT2D eigenvalue weighted by molar-refractivity contribution is 5.94. The Hall–Kier alpha value is -2.96. The number of carboxylic acid groups (broad SMARTS) is 1. The topological polar surface area (TPSA) is 83.7 Å². The number of hydrogen-bond acceptors (Lipinski definition) is 4. The van der Waals surface area contributed by atoms with E-state index in [4.69, 9.17) is 5.11 Å². The molecule has 21 heavy (non-hydrogen) atoms. The van der Waals surface area contributed by atoms with Crippen LogP contribution in [0.2, 0.25) is 0 Å². The van der Waals surface area contributed by atoms with Crippen LogP contribution in [0.25, 0.3) is 0 Å². The van der Waals surface area contributed by atoms with Gasteiger partial charge in [0, 0.05) is 24.5 Å². The molecule has 0 aliphatic carbocycles. The molecule has 2 aromatic rings. The van der Waals surface area contributed by atoms with E-state index in [9.17, 15) is 19.3 Å². The van der Waals surface area contributed by atoms with E-state index in [1.54, 1.807) is 11.9 Å². The first kappa shape index (κ1) is 14.4. The van der Waals surface area contributed by atoms with Gasteiger partial charge in [-0.2, -0.15) is 0 Å². The molecule has 0 amide bonds. The molecular weight excluding hydrogens is 279 g/mol. The van der Waals surface area contributed by atoms with Gasteiger partial charge in [0.25, 0.3) is 5.69 Å². The fraction of sp³-hybridized carbons (Fsp3) is 0.0714. The molecule has 0 fully saturated rings. The Labute approximate surface area is 119 Å². The van der Waals surface area contributed by atoms with Gasteiger partial charge in [-0.15, -0.1) is 0 Å². The van der Waals surface area contributed by atoms with Crippen LogP contribution in [0, 0.1) is 15.9 Å². The van der Waals surface area contributed by atoms with Gasteiger partial charge >= 0.3 is 5.97 Å². The van der Waals surface area contributed by atoms with Crippen LogP contribution in [0.4, 0.5) is 21.5 Å². The Morgan fingerprint density at radius 3 is 2.29 bits per heavy atom. The van der Waals surface area contributed by atoms with Crippen molar-refractivity contribution in [1.82, 2.24) is 0 Å². The largest absolute Gasteiger partial charge is 0.477 e. The van der Waals surface area contributed by atoms with Crippen molar-refractivity contribution in [3.05, 3.63) is 64.0 Å². The smallest absolute Gasteiger partial charge is 0.342 e. The van der Waals surface area contributed by atoms with E-state index in [-0.39, 0.29) is 5.82 Å². The summed E-state index contributed by atoms with van der Waals surface area (Å²) in [5, 5.41) is 19.9. The predicted octanol–water partition coefficient (Wildman–Crippen LogP) is 3.20. The van der Waals surface area contributed by atoms with Crippen LogP contribution in [0.3, 0.4) is 0 Å². The molecule has 0 saturated carbocycles. The Morgan fingerprint density at radius 1 is 1.19 bits per heavy atom. The Bertz CT molecular complexity index is 701. The van der Waals surface area contributed by atoms with E-state index >= 15 is 0 Å².